The van der Waals surface area contributed by atoms with Crippen molar-refractivity contribution in [3.8, 4) is 5.75 Å². The maximum atomic E-state index is 13.0. The van der Waals surface area contributed by atoms with Crippen LogP contribution in [0.4, 0.5) is 0 Å². The Balaban J connectivity index is 1.59. The van der Waals surface area contributed by atoms with E-state index in [0.29, 0.717) is 23.6 Å². The highest BCUT2D eigenvalue weighted by molar-refractivity contribution is 7.99. The number of benzene rings is 2. The lowest BCUT2D eigenvalue weighted by Gasteiger charge is -2.35. The third-order valence-corrected chi connectivity index (χ3v) is 6.49. The molecule has 7 heteroatoms. The van der Waals surface area contributed by atoms with Crippen molar-refractivity contribution in [1.29, 1.82) is 0 Å². The van der Waals surface area contributed by atoms with Crippen LogP contribution in [0.2, 0.25) is 0 Å². The summed E-state index contributed by atoms with van der Waals surface area (Å²) in [6.45, 7) is 0.638. The number of carboxylic acid groups (broad SMARTS) is 1. The van der Waals surface area contributed by atoms with Crippen LogP contribution in [0.5, 0.6) is 5.75 Å². The quantitative estimate of drug-likeness (QED) is 0.751. The van der Waals surface area contributed by atoms with Crippen molar-refractivity contribution < 1.29 is 24.5 Å². The molecule has 0 saturated carbocycles. The Hall–Kier alpha value is -2.51. The first-order valence-corrected chi connectivity index (χ1v) is 10.1. The fourth-order valence-electron chi connectivity index (χ4n) is 4.03. The Morgan fingerprint density at radius 3 is 2.64 bits per heavy atom. The van der Waals surface area contributed by atoms with Crippen LogP contribution < -0.4 is 4.74 Å². The van der Waals surface area contributed by atoms with Gasteiger partial charge in [-0.2, -0.15) is 0 Å². The first kappa shape index (κ1) is 18.8. The van der Waals surface area contributed by atoms with E-state index in [0.717, 1.165) is 10.5 Å². The third kappa shape index (κ3) is 3.14. The monoisotopic (exact) mass is 399 g/mol. The number of aliphatic hydroxyl groups excluding tert-OH is 1. The fourth-order valence-corrected chi connectivity index (χ4v) is 4.69. The molecule has 0 aliphatic carbocycles. The molecule has 1 fully saturated rings. The van der Waals surface area contributed by atoms with Crippen molar-refractivity contribution in [2.24, 2.45) is 5.41 Å². The molecule has 1 amide bonds. The highest BCUT2D eigenvalue weighted by Crippen LogP contribution is 2.49. The van der Waals surface area contributed by atoms with Gasteiger partial charge >= 0.3 is 5.97 Å². The number of carbonyl (C=O) groups excluding carboxylic acids is 1. The summed E-state index contributed by atoms with van der Waals surface area (Å²) in [7, 11) is 0. The minimum absolute atomic E-state index is 0.0601. The van der Waals surface area contributed by atoms with Gasteiger partial charge in [-0.1, -0.05) is 18.2 Å². The number of likely N-dealkylation sites (tertiary alicyclic amines) is 1. The van der Waals surface area contributed by atoms with E-state index in [1.165, 1.54) is 11.8 Å². The van der Waals surface area contributed by atoms with E-state index in [9.17, 15) is 14.7 Å². The number of aliphatic carboxylic acids is 1. The fraction of sp³-hybridized carbons (Fsp3) is 0.333. The number of para-hydroxylation sites is 1. The molecule has 2 heterocycles. The Labute approximate surface area is 167 Å². The van der Waals surface area contributed by atoms with Crippen LogP contribution in [0, 0.1) is 5.41 Å². The third-order valence-electron chi connectivity index (χ3n) is 5.50. The maximum absolute atomic E-state index is 13.0. The van der Waals surface area contributed by atoms with Crippen molar-refractivity contribution >= 4 is 23.6 Å². The average Bonchev–Trinajstić information content (AvgIpc) is 3.14. The van der Waals surface area contributed by atoms with Crippen LogP contribution in [-0.4, -0.2) is 59.0 Å². The minimum atomic E-state index is -1.12. The number of nitrogens with zero attached hydrogens (tertiary/aromatic N) is 1. The Bertz CT molecular complexity index is 900. The van der Waals surface area contributed by atoms with Gasteiger partial charge in [-0.25, -0.2) is 0 Å². The van der Waals surface area contributed by atoms with E-state index < -0.39 is 11.4 Å². The molecule has 28 heavy (non-hydrogen) atoms. The van der Waals surface area contributed by atoms with Crippen molar-refractivity contribution in [2.45, 2.75) is 10.8 Å². The van der Waals surface area contributed by atoms with Gasteiger partial charge < -0.3 is 19.8 Å². The molecular weight excluding hydrogens is 378 g/mol. The van der Waals surface area contributed by atoms with Gasteiger partial charge in [-0.15, -0.1) is 11.8 Å². The van der Waals surface area contributed by atoms with Gasteiger partial charge in [-0.3, -0.25) is 9.59 Å². The highest BCUT2D eigenvalue weighted by atomic mass is 32.2. The molecule has 146 valence electrons. The summed E-state index contributed by atoms with van der Waals surface area (Å²) in [6.07, 6.45) is 0. The number of carbonyl (C=O) groups is 2. The number of rotatable bonds is 5. The second-order valence-corrected chi connectivity index (χ2v) is 8.29. The topological polar surface area (TPSA) is 87.1 Å². The number of amides is 1. The van der Waals surface area contributed by atoms with Crippen LogP contribution in [-0.2, 0) is 4.79 Å². The maximum Gasteiger partial charge on any atom is 0.315 e. The predicted octanol–water partition coefficient (Wildman–Crippen LogP) is 2.47. The number of hydrogen-bond donors (Lipinski definition) is 2. The standard InChI is InChI=1S/C21H21NO5S/c23-9-10-28-15-7-5-14(6-8-15)19(24)22-11-17-16-3-1-2-4-18(16)27-13-21(17,12-22)20(25)26/h1-8,17,23H,9-13H2,(H,25,26)/t17-,21-/m0/s1. The van der Waals surface area contributed by atoms with Gasteiger partial charge in [0.05, 0.1) is 6.61 Å². The second-order valence-electron chi connectivity index (χ2n) is 7.12. The summed E-state index contributed by atoms with van der Waals surface area (Å²) in [4.78, 5) is 27.8. The lowest BCUT2D eigenvalue weighted by atomic mass is 9.73. The van der Waals surface area contributed by atoms with E-state index in [4.69, 9.17) is 9.84 Å². The van der Waals surface area contributed by atoms with Crippen LogP contribution in [0.3, 0.4) is 0 Å². The number of thioether (sulfide) groups is 1. The molecule has 0 spiro atoms. The second kappa shape index (κ2) is 7.48. The van der Waals surface area contributed by atoms with Crippen LogP contribution in [0.1, 0.15) is 21.8 Å². The first-order chi connectivity index (χ1) is 13.5. The number of ether oxygens (including phenoxy) is 1. The molecule has 2 aromatic rings. The number of carboxylic acids is 1. The molecule has 2 aliphatic rings. The number of fused-ring (bicyclic) bond motifs is 3. The van der Waals surface area contributed by atoms with E-state index in [2.05, 4.69) is 0 Å². The molecule has 0 radical (unpaired) electrons. The van der Waals surface area contributed by atoms with Gasteiger partial charge in [0.2, 0.25) is 0 Å². The van der Waals surface area contributed by atoms with Crippen molar-refractivity contribution in [1.82, 2.24) is 4.90 Å². The smallest absolute Gasteiger partial charge is 0.315 e. The van der Waals surface area contributed by atoms with Gasteiger partial charge in [-0.05, 0) is 30.3 Å². The summed E-state index contributed by atoms with van der Waals surface area (Å²) in [5.74, 6) is -0.103. The molecule has 4 rings (SSSR count). The van der Waals surface area contributed by atoms with Gasteiger partial charge in [0, 0.05) is 40.8 Å². The molecule has 2 aromatic carbocycles. The molecule has 0 unspecified atom stereocenters. The van der Waals surface area contributed by atoms with Crippen LogP contribution in [0.15, 0.2) is 53.4 Å². The van der Waals surface area contributed by atoms with Gasteiger partial charge in [0.25, 0.3) is 5.91 Å². The summed E-state index contributed by atoms with van der Waals surface area (Å²) in [5.41, 5.74) is 0.255. The predicted molar refractivity (Wildman–Crippen MR) is 105 cm³/mol. The summed E-state index contributed by atoms with van der Waals surface area (Å²) >= 11 is 1.52. The van der Waals surface area contributed by atoms with E-state index in [-0.39, 0.29) is 31.6 Å². The summed E-state index contributed by atoms with van der Waals surface area (Å²) in [6, 6.07) is 14.7. The molecule has 2 aliphatic heterocycles. The summed E-state index contributed by atoms with van der Waals surface area (Å²) < 4.78 is 5.75. The first-order valence-electron chi connectivity index (χ1n) is 9.13. The average molecular weight is 399 g/mol. The van der Waals surface area contributed by atoms with Crippen molar-refractivity contribution in [2.75, 3.05) is 32.1 Å². The largest absolute Gasteiger partial charge is 0.492 e. The van der Waals surface area contributed by atoms with Crippen molar-refractivity contribution in [3.63, 3.8) is 0 Å². The SMILES string of the molecule is O=C(c1ccc(SCCO)cc1)N1C[C@H]2c3ccccc3OC[C@@]2(C(=O)O)C1. The molecule has 0 aromatic heterocycles. The van der Waals surface area contributed by atoms with Gasteiger partial charge in [0.1, 0.15) is 17.8 Å². The van der Waals surface area contributed by atoms with E-state index in [1.807, 2.05) is 36.4 Å². The summed E-state index contributed by atoms with van der Waals surface area (Å²) in [5, 5.41) is 18.9. The molecule has 2 atom stereocenters. The number of hydrogen-bond acceptors (Lipinski definition) is 5. The molecular formula is C21H21NO5S. The zero-order valence-electron chi connectivity index (χ0n) is 15.2. The molecule has 1 saturated heterocycles. The Kier molecular flexibility index (Phi) is 5.03. The highest BCUT2D eigenvalue weighted by Gasteiger charge is 2.57. The molecule has 2 N–H and O–H groups in total. The normalized spacial score (nSPS) is 22.9. The lowest BCUT2D eigenvalue weighted by molar-refractivity contribution is -0.151. The van der Waals surface area contributed by atoms with E-state index >= 15 is 0 Å². The number of aliphatic hydroxyl groups is 1. The van der Waals surface area contributed by atoms with Crippen LogP contribution in [0.25, 0.3) is 0 Å². The Morgan fingerprint density at radius 2 is 1.93 bits per heavy atom. The molecule has 0 bridgehead atoms. The molecule has 6 nitrogen and oxygen atoms in total. The van der Waals surface area contributed by atoms with Crippen LogP contribution >= 0.6 is 11.8 Å². The lowest BCUT2D eigenvalue weighted by Crippen LogP contribution is -2.46. The zero-order valence-corrected chi connectivity index (χ0v) is 16.0. The van der Waals surface area contributed by atoms with Crippen molar-refractivity contribution in [3.05, 3.63) is 59.7 Å². The van der Waals surface area contributed by atoms with E-state index in [1.54, 1.807) is 17.0 Å². The van der Waals surface area contributed by atoms with Gasteiger partial charge in [0.15, 0.2) is 0 Å². The Morgan fingerprint density at radius 1 is 1.18 bits per heavy atom. The minimum Gasteiger partial charge on any atom is -0.492 e. The zero-order chi connectivity index (χ0) is 19.7.